The maximum Gasteiger partial charge on any atom is 0.338 e. The summed E-state index contributed by atoms with van der Waals surface area (Å²) in [5.41, 5.74) is 5.86. The maximum atomic E-state index is 13.8. The number of anilines is 2. The van der Waals surface area contributed by atoms with E-state index in [1.54, 1.807) is 12.1 Å². The van der Waals surface area contributed by atoms with Gasteiger partial charge in [-0.1, -0.05) is 30.3 Å². The second-order valence-electron chi connectivity index (χ2n) is 8.82. The van der Waals surface area contributed by atoms with Crippen LogP contribution < -0.4 is 15.0 Å². The molecule has 3 aromatic carbocycles. The number of benzene rings is 3. The van der Waals surface area contributed by atoms with Gasteiger partial charge in [0.25, 0.3) is 0 Å². The van der Waals surface area contributed by atoms with Crippen LogP contribution in [0.1, 0.15) is 40.0 Å². The third kappa shape index (κ3) is 4.92. The molecule has 1 aliphatic heterocycles. The van der Waals surface area contributed by atoms with E-state index in [0.717, 1.165) is 42.0 Å². The molecule has 0 saturated heterocycles. The van der Waals surface area contributed by atoms with Gasteiger partial charge in [0.2, 0.25) is 0 Å². The normalized spacial score (nSPS) is 16.0. The molecule has 0 radical (unpaired) electrons. The monoisotopic (exact) mass is 462 g/mol. The number of nitrogens with zero attached hydrogens (tertiary/aromatic N) is 1. The summed E-state index contributed by atoms with van der Waals surface area (Å²) in [7, 11) is 2.88. The van der Waals surface area contributed by atoms with Crippen LogP contribution in [0.3, 0.4) is 0 Å². The molecule has 5 nitrogen and oxygen atoms in total. The third-order valence-corrected chi connectivity index (χ3v) is 6.56. The number of fused-ring (bicyclic) bond motifs is 1. The Morgan fingerprint density at radius 3 is 2.71 bits per heavy atom. The summed E-state index contributed by atoms with van der Waals surface area (Å²) >= 11 is 0. The highest BCUT2D eigenvalue weighted by Gasteiger charge is 2.26. The predicted molar refractivity (Wildman–Crippen MR) is 133 cm³/mol. The second kappa shape index (κ2) is 10.3. The van der Waals surface area contributed by atoms with Gasteiger partial charge in [0.15, 0.2) is 11.6 Å². The Hall–Kier alpha value is -3.38. The molecule has 0 spiro atoms. The zero-order valence-electron chi connectivity index (χ0n) is 20.1. The largest absolute Gasteiger partial charge is 0.494 e. The highest BCUT2D eigenvalue weighted by molar-refractivity contribution is 5.92. The van der Waals surface area contributed by atoms with Gasteiger partial charge in [-0.3, -0.25) is 0 Å². The topological polar surface area (TPSA) is 50.8 Å². The van der Waals surface area contributed by atoms with Crippen LogP contribution in [0.25, 0.3) is 0 Å². The van der Waals surface area contributed by atoms with Gasteiger partial charge >= 0.3 is 5.97 Å². The fraction of sp³-hybridized carbons (Fsp3) is 0.321. The van der Waals surface area contributed by atoms with Gasteiger partial charge in [0.05, 0.1) is 19.8 Å². The molecular weight excluding hydrogens is 431 g/mol. The summed E-state index contributed by atoms with van der Waals surface area (Å²) in [5, 5.41) is 3.61. The number of para-hydroxylation sites is 1. The van der Waals surface area contributed by atoms with Crippen molar-refractivity contribution < 1.29 is 18.7 Å². The molecule has 34 heavy (non-hydrogen) atoms. The predicted octanol–water partition coefficient (Wildman–Crippen LogP) is 5.59. The average molecular weight is 463 g/mol. The molecule has 4 rings (SSSR count). The van der Waals surface area contributed by atoms with Crippen molar-refractivity contribution >= 4 is 17.3 Å². The molecule has 0 amide bonds. The molecule has 1 unspecified atom stereocenters. The van der Waals surface area contributed by atoms with E-state index in [4.69, 9.17) is 9.47 Å². The Kier molecular flexibility index (Phi) is 7.17. The molecule has 3 aromatic rings. The number of methoxy groups -OCH3 is 2. The van der Waals surface area contributed by atoms with Crippen LogP contribution in [-0.4, -0.2) is 33.3 Å². The van der Waals surface area contributed by atoms with Gasteiger partial charge < -0.3 is 19.7 Å². The average Bonchev–Trinajstić information content (AvgIpc) is 2.86. The van der Waals surface area contributed by atoms with E-state index in [9.17, 15) is 9.18 Å². The summed E-state index contributed by atoms with van der Waals surface area (Å²) in [4.78, 5) is 14.6. The van der Waals surface area contributed by atoms with Crippen molar-refractivity contribution in [2.75, 3.05) is 32.2 Å². The smallest absolute Gasteiger partial charge is 0.338 e. The summed E-state index contributed by atoms with van der Waals surface area (Å²) in [6.07, 6.45) is 0.953. The van der Waals surface area contributed by atoms with Gasteiger partial charge in [-0.15, -0.1) is 0 Å². The number of carbonyl (C=O) groups excluding carboxylic acids is 1. The first-order valence-electron chi connectivity index (χ1n) is 11.5. The lowest BCUT2D eigenvalue weighted by atomic mass is 9.91. The molecule has 1 heterocycles. The molecule has 2 atom stereocenters. The van der Waals surface area contributed by atoms with Crippen LogP contribution in [-0.2, 0) is 11.2 Å². The summed E-state index contributed by atoms with van der Waals surface area (Å²) in [6, 6.07) is 19.4. The molecule has 178 valence electrons. The van der Waals surface area contributed by atoms with Crippen molar-refractivity contribution in [3.8, 4) is 5.75 Å². The van der Waals surface area contributed by atoms with Crippen LogP contribution in [0, 0.1) is 18.7 Å². The maximum absolute atomic E-state index is 13.8. The van der Waals surface area contributed by atoms with Crippen LogP contribution in [0.15, 0.2) is 60.7 Å². The van der Waals surface area contributed by atoms with E-state index in [1.807, 2.05) is 25.1 Å². The summed E-state index contributed by atoms with van der Waals surface area (Å²) < 4.78 is 23.9. The first-order valence-corrected chi connectivity index (χ1v) is 11.5. The molecule has 1 aliphatic rings. The quantitative estimate of drug-likeness (QED) is 0.464. The lowest BCUT2D eigenvalue weighted by Crippen LogP contribution is -2.38. The summed E-state index contributed by atoms with van der Waals surface area (Å²) in [6.45, 7) is 5.59. The van der Waals surface area contributed by atoms with Crippen LogP contribution in [0.4, 0.5) is 15.8 Å². The number of ether oxygens (including phenoxy) is 2. The van der Waals surface area contributed by atoms with Gasteiger partial charge in [0.1, 0.15) is 0 Å². The Morgan fingerprint density at radius 2 is 1.94 bits per heavy atom. The standard InChI is InChI=1S/C28H31FN2O3/c1-18-9-11-23(15-24(18)28(32)34-4)31-17-20(13-22-7-5-6-8-26(22)31)16-30-19(2)21-10-12-25(29)27(14-21)33-3/h5-12,14-15,19-20,30H,13,16-17H2,1-4H3/t19-,20?/m1/s1. The Labute approximate surface area is 200 Å². The number of halogens is 1. The number of aryl methyl sites for hydroxylation is 1. The SMILES string of the molecule is COC(=O)c1cc(N2CC(CN[C@H](C)c3ccc(F)c(OC)c3)Cc3ccccc32)ccc1C. The fourth-order valence-electron chi connectivity index (χ4n) is 4.57. The van der Waals surface area contributed by atoms with E-state index >= 15 is 0 Å². The molecular formula is C28H31FN2O3. The highest BCUT2D eigenvalue weighted by atomic mass is 19.1. The van der Waals surface area contributed by atoms with E-state index < -0.39 is 0 Å². The number of esters is 1. The second-order valence-corrected chi connectivity index (χ2v) is 8.82. The number of carbonyl (C=O) groups is 1. The van der Waals surface area contributed by atoms with Crippen molar-refractivity contribution in [3.05, 3.63) is 88.7 Å². The minimum absolute atomic E-state index is 0.0467. The van der Waals surface area contributed by atoms with Crippen molar-refractivity contribution in [2.24, 2.45) is 5.92 Å². The molecule has 0 bridgehead atoms. The van der Waals surface area contributed by atoms with E-state index in [2.05, 4.69) is 41.4 Å². The minimum Gasteiger partial charge on any atom is -0.494 e. The Balaban J connectivity index is 1.55. The Morgan fingerprint density at radius 1 is 1.15 bits per heavy atom. The van der Waals surface area contributed by atoms with Crippen molar-refractivity contribution in [2.45, 2.75) is 26.3 Å². The first kappa shape index (κ1) is 23.8. The number of hydrogen-bond donors (Lipinski definition) is 1. The van der Waals surface area contributed by atoms with Gasteiger partial charge in [0, 0.05) is 30.5 Å². The van der Waals surface area contributed by atoms with Crippen LogP contribution in [0.2, 0.25) is 0 Å². The Bertz CT molecular complexity index is 1180. The summed E-state index contributed by atoms with van der Waals surface area (Å²) in [5.74, 6) is -0.0823. The van der Waals surface area contributed by atoms with E-state index in [-0.39, 0.29) is 23.6 Å². The van der Waals surface area contributed by atoms with Gasteiger partial charge in [-0.05, 0) is 73.2 Å². The van der Waals surface area contributed by atoms with Gasteiger partial charge in [-0.25, -0.2) is 9.18 Å². The lowest BCUT2D eigenvalue weighted by Gasteiger charge is -2.37. The first-order chi connectivity index (χ1) is 16.4. The zero-order chi connectivity index (χ0) is 24.2. The zero-order valence-corrected chi connectivity index (χ0v) is 20.1. The molecule has 6 heteroatoms. The molecule has 0 fully saturated rings. The molecule has 0 aromatic heterocycles. The highest BCUT2D eigenvalue weighted by Crippen LogP contribution is 2.36. The van der Waals surface area contributed by atoms with Crippen LogP contribution >= 0.6 is 0 Å². The molecule has 0 aliphatic carbocycles. The van der Waals surface area contributed by atoms with Crippen molar-refractivity contribution in [1.29, 1.82) is 0 Å². The van der Waals surface area contributed by atoms with Crippen molar-refractivity contribution in [3.63, 3.8) is 0 Å². The van der Waals surface area contributed by atoms with E-state index in [1.165, 1.54) is 25.8 Å². The lowest BCUT2D eigenvalue weighted by molar-refractivity contribution is 0.0600. The number of hydrogen-bond acceptors (Lipinski definition) is 5. The fourth-order valence-corrected chi connectivity index (χ4v) is 4.57. The van der Waals surface area contributed by atoms with E-state index in [0.29, 0.717) is 11.5 Å². The number of nitrogens with one attached hydrogen (secondary N) is 1. The number of rotatable bonds is 7. The van der Waals surface area contributed by atoms with Gasteiger partial charge in [-0.2, -0.15) is 0 Å². The third-order valence-electron chi connectivity index (χ3n) is 6.56. The minimum atomic E-state index is -0.359. The van der Waals surface area contributed by atoms with Crippen molar-refractivity contribution in [1.82, 2.24) is 5.32 Å². The molecule has 0 saturated carbocycles. The molecule has 1 N–H and O–H groups in total. The van der Waals surface area contributed by atoms with Crippen LogP contribution in [0.5, 0.6) is 5.75 Å².